The number of imidazole rings is 1. The lowest BCUT2D eigenvalue weighted by Crippen LogP contribution is -2.47. The van der Waals surface area contributed by atoms with Gasteiger partial charge in [-0.05, 0) is 38.8 Å². The Hall–Kier alpha value is -1.74. The van der Waals surface area contributed by atoms with Gasteiger partial charge < -0.3 is 14.6 Å². The summed E-state index contributed by atoms with van der Waals surface area (Å²) < 4.78 is 29.2. The number of ether oxygens (including phenoxy) is 1. The molecule has 1 aromatic carbocycles. The van der Waals surface area contributed by atoms with Crippen molar-refractivity contribution in [2.24, 2.45) is 0 Å². The van der Waals surface area contributed by atoms with Crippen molar-refractivity contribution in [2.45, 2.75) is 50.9 Å². The summed E-state index contributed by atoms with van der Waals surface area (Å²) in [5, 5.41) is 0.667. The minimum Gasteiger partial charge on any atom is -0.494 e. The number of nitrogens with zero attached hydrogens (tertiary/aromatic N) is 2. The first-order chi connectivity index (χ1) is 13.3. The van der Waals surface area contributed by atoms with Crippen LogP contribution in [0.5, 0.6) is 5.75 Å². The van der Waals surface area contributed by atoms with E-state index < -0.39 is 9.84 Å². The Bertz CT molecular complexity index is 942. The number of rotatable bonds is 8. The number of sulfone groups is 1. The fraction of sp³-hybridized carbons (Fsp3) is 0.579. The number of benzene rings is 1. The van der Waals surface area contributed by atoms with E-state index in [1.165, 1.54) is 11.8 Å². The number of H-pyrrole nitrogens is 1. The summed E-state index contributed by atoms with van der Waals surface area (Å²) in [6.07, 6.45) is 1.31. The van der Waals surface area contributed by atoms with Crippen LogP contribution < -0.4 is 4.74 Å². The van der Waals surface area contributed by atoms with Crippen LogP contribution in [-0.4, -0.2) is 65.1 Å². The van der Waals surface area contributed by atoms with Gasteiger partial charge in [0.15, 0.2) is 15.0 Å². The van der Waals surface area contributed by atoms with Gasteiger partial charge in [0.1, 0.15) is 5.75 Å². The topological polar surface area (TPSA) is 92.4 Å². The van der Waals surface area contributed by atoms with Gasteiger partial charge in [-0.1, -0.05) is 18.7 Å². The molecule has 7 nitrogen and oxygen atoms in total. The second-order valence-electron chi connectivity index (χ2n) is 7.06. The SMILES string of the molecule is CCOc1ccc2nc(SCC(=O)N([C@H]3CCS(=O)(=O)C3)[C@H](C)CC)[nH]c2c1. The number of hydrogen-bond acceptors (Lipinski definition) is 6. The van der Waals surface area contributed by atoms with Gasteiger partial charge in [0.05, 0.1) is 34.9 Å². The second-order valence-corrected chi connectivity index (χ2v) is 10.3. The maximum Gasteiger partial charge on any atom is 0.233 e. The Labute approximate surface area is 170 Å². The highest BCUT2D eigenvalue weighted by Crippen LogP contribution is 2.26. The Kier molecular flexibility index (Phi) is 6.54. The predicted molar refractivity (Wildman–Crippen MR) is 112 cm³/mol. The van der Waals surface area contributed by atoms with Crippen molar-refractivity contribution in [2.75, 3.05) is 23.9 Å². The van der Waals surface area contributed by atoms with Crippen LogP contribution in [-0.2, 0) is 14.6 Å². The quantitative estimate of drug-likeness (QED) is 0.654. The molecule has 9 heteroatoms. The molecule has 1 aliphatic rings. The van der Waals surface area contributed by atoms with E-state index in [9.17, 15) is 13.2 Å². The van der Waals surface area contributed by atoms with E-state index in [-0.39, 0.29) is 35.2 Å². The van der Waals surface area contributed by atoms with Crippen molar-refractivity contribution < 1.29 is 17.9 Å². The van der Waals surface area contributed by atoms with Gasteiger partial charge >= 0.3 is 0 Å². The number of carbonyl (C=O) groups excluding carboxylic acids is 1. The molecule has 1 amide bonds. The molecule has 0 bridgehead atoms. The average Bonchev–Trinajstić information content (AvgIpc) is 3.22. The summed E-state index contributed by atoms with van der Waals surface area (Å²) in [6, 6.07) is 5.44. The Morgan fingerprint density at radius 2 is 2.21 bits per heavy atom. The number of nitrogens with one attached hydrogen (secondary N) is 1. The summed E-state index contributed by atoms with van der Waals surface area (Å²) in [6.45, 7) is 6.52. The monoisotopic (exact) mass is 425 g/mol. The Morgan fingerprint density at radius 3 is 2.86 bits per heavy atom. The number of hydrogen-bond donors (Lipinski definition) is 1. The number of aromatic amines is 1. The zero-order valence-corrected chi connectivity index (χ0v) is 18.1. The molecule has 3 rings (SSSR count). The molecule has 0 unspecified atom stereocenters. The van der Waals surface area contributed by atoms with Gasteiger partial charge in [-0.25, -0.2) is 13.4 Å². The summed E-state index contributed by atoms with van der Waals surface area (Å²) >= 11 is 1.34. The predicted octanol–water partition coefficient (Wildman–Crippen LogP) is 2.87. The van der Waals surface area contributed by atoms with Gasteiger partial charge in [0, 0.05) is 18.2 Å². The van der Waals surface area contributed by atoms with Gasteiger partial charge in [0.2, 0.25) is 5.91 Å². The zero-order chi connectivity index (χ0) is 20.3. The minimum absolute atomic E-state index is 0.0100. The molecule has 1 aromatic heterocycles. The third kappa shape index (κ3) is 4.81. The minimum atomic E-state index is -3.04. The largest absolute Gasteiger partial charge is 0.494 e. The molecule has 0 radical (unpaired) electrons. The van der Waals surface area contributed by atoms with E-state index in [2.05, 4.69) is 9.97 Å². The second kappa shape index (κ2) is 8.73. The first-order valence-electron chi connectivity index (χ1n) is 9.60. The summed E-state index contributed by atoms with van der Waals surface area (Å²) in [5.41, 5.74) is 1.68. The van der Waals surface area contributed by atoms with Gasteiger partial charge in [-0.2, -0.15) is 0 Å². The Morgan fingerprint density at radius 1 is 1.43 bits per heavy atom. The first kappa shape index (κ1) is 21.0. The van der Waals surface area contributed by atoms with Crippen molar-refractivity contribution in [3.63, 3.8) is 0 Å². The molecule has 2 heterocycles. The van der Waals surface area contributed by atoms with Crippen molar-refractivity contribution in [3.05, 3.63) is 18.2 Å². The van der Waals surface area contributed by atoms with Crippen LogP contribution in [0.4, 0.5) is 0 Å². The summed E-state index contributed by atoms with van der Waals surface area (Å²) in [5.74, 6) is 1.18. The first-order valence-corrected chi connectivity index (χ1v) is 12.4. The highest BCUT2D eigenvalue weighted by Gasteiger charge is 2.36. The van der Waals surface area contributed by atoms with Crippen molar-refractivity contribution in [1.29, 1.82) is 0 Å². The van der Waals surface area contributed by atoms with Gasteiger partial charge in [0.25, 0.3) is 0 Å². The van der Waals surface area contributed by atoms with Gasteiger partial charge in [-0.3, -0.25) is 4.79 Å². The third-order valence-corrected chi connectivity index (χ3v) is 7.64. The van der Waals surface area contributed by atoms with Crippen molar-refractivity contribution in [3.8, 4) is 5.75 Å². The average molecular weight is 426 g/mol. The molecule has 0 saturated carbocycles. The number of carbonyl (C=O) groups is 1. The third-order valence-electron chi connectivity index (χ3n) is 5.03. The smallest absolute Gasteiger partial charge is 0.233 e. The normalized spacial score (nSPS) is 19.6. The van der Waals surface area contributed by atoms with Crippen LogP contribution in [0.1, 0.15) is 33.6 Å². The van der Waals surface area contributed by atoms with E-state index >= 15 is 0 Å². The maximum atomic E-state index is 12.9. The molecule has 1 fully saturated rings. The molecule has 0 spiro atoms. The molecule has 1 N–H and O–H groups in total. The summed E-state index contributed by atoms with van der Waals surface area (Å²) in [7, 11) is -3.04. The number of thioether (sulfide) groups is 1. The molecule has 2 aromatic rings. The van der Waals surface area contributed by atoms with Crippen LogP contribution >= 0.6 is 11.8 Å². The van der Waals surface area contributed by atoms with Gasteiger partial charge in [-0.15, -0.1) is 0 Å². The fourth-order valence-corrected chi connectivity index (χ4v) is 5.96. The molecule has 0 aliphatic carbocycles. The zero-order valence-electron chi connectivity index (χ0n) is 16.5. The van der Waals surface area contributed by atoms with E-state index in [0.29, 0.717) is 18.2 Å². The molecule has 28 heavy (non-hydrogen) atoms. The molecular formula is C19H27N3O4S2. The van der Waals surface area contributed by atoms with E-state index in [1.54, 1.807) is 4.90 Å². The number of aromatic nitrogens is 2. The molecule has 1 saturated heterocycles. The molecular weight excluding hydrogens is 398 g/mol. The van der Waals surface area contributed by atoms with E-state index in [4.69, 9.17) is 4.74 Å². The van der Waals surface area contributed by atoms with Crippen LogP contribution in [0.2, 0.25) is 0 Å². The number of fused-ring (bicyclic) bond motifs is 1. The highest BCUT2D eigenvalue weighted by molar-refractivity contribution is 7.99. The molecule has 1 aliphatic heterocycles. The van der Waals surface area contributed by atoms with Crippen LogP contribution in [0.3, 0.4) is 0 Å². The van der Waals surface area contributed by atoms with E-state index in [0.717, 1.165) is 23.2 Å². The summed E-state index contributed by atoms with van der Waals surface area (Å²) in [4.78, 5) is 22.4. The lowest BCUT2D eigenvalue weighted by atomic mass is 10.1. The maximum absolute atomic E-state index is 12.9. The van der Waals surface area contributed by atoms with Crippen molar-refractivity contribution >= 4 is 38.5 Å². The molecule has 2 atom stereocenters. The standard InChI is InChI=1S/C19H27N3O4S2/c1-4-13(3)22(14-8-9-28(24,25)12-14)18(23)11-27-19-20-16-7-6-15(26-5-2)10-17(16)21-19/h6-7,10,13-14H,4-5,8-9,11-12H2,1-3H3,(H,20,21)/t13-,14+/m1/s1. The lowest BCUT2D eigenvalue weighted by Gasteiger charge is -2.33. The van der Waals surface area contributed by atoms with E-state index in [1.807, 2.05) is 39.0 Å². The Balaban J connectivity index is 1.69. The molecule has 154 valence electrons. The highest BCUT2D eigenvalue weighted by atomic mass is 32.2. The lowest BCUT2D eigenvalue weighted by molar-refractivity contribution is -0.132. The fourth-order valence-electron chi connectivity index (χ4n) is 3.50. The number of amides is 1. The van der Waals surface area contributed by atoms with Crippen LogP contribution in [0.15, 0.2) is 23.4 Å². The van der Waals surface area contributed by atoms with Crippen LogP contribution in [0.25, 0.3) is 11.0 Å². The van der Waals surface area contributed by atoms with Crippen LogP contribution in [0, 0.1) is 0 Å². The van der Waals surface area contributed by atoms with Crippen molar-refractivity contribution in [1.82, 2.24) is 14.9 Å².